The van der Waals surface area contributed by atoms with Crippen LogP contribution in [0, 0.1) is 10.1 Å². The molecule has 0 aliphatic carbocycles. The van der Waals surface area contributed by atoms with Gasteiger partial charge < -0.3 is 14.8 Å². The number of nitrogens with zero attached hydrogens (tertiary/aromatic N) is 2. The zero-order chi connectivity index (χ0) is 19.4. The highest BCUT2D eigenvalue weighted by atomic mass is 16.7. The number of nitro benzene ring substituents is 1. The summed E-state index contributed by atoms with van der Waals surface area (Å²) in [7, 11) is 0. The van der Waals surface area contributed by atoms with Crippen LogP contribution in [0.2, 0.25) is 0 Å². The van der Waals surface area contributed by atoms with Crippen LogP contribution in [0.25, 0.3) is 0 Å². The first-order valence-corrected chi connectivity index (χ1v) is 7.73. The Hall–Kier alpha value is -3.95. The molecule has 10 nitrogen and oxygen atoms in total. The van der Waals surface area contributed by atoms with Gasteiger partial charge in [0.2, 0.25) is 12.7 Å². The van der Waals surface area contributed by atoms with E-state index >= 15 is 0 Å². The van der Waals surface area contributed by atoms with Gasteiger partial charge in [-0.3, -0.25) is 19.7 Å². The number of ether oxygens (including phenoxy) is 2. The zero-order valence-electron chi connectivity index (χ0n) is 14.1. The Bertz CT molecular complexity index is 939. The van der Waals surface area contributed by atoms with Gasteiger partial charge in [-0.15, -0.1) is 0 Å². The Morgan fingerprint density at radius 3 is 2.48 bits per heavy atom. The maximum atomic E-state index is 12.1. The van der Waals surface area contributed by atoms with Crippen molar-refractivity contribution in [1.82, 2.24) is 5.43 Å². The first kappa shape index (κ1) is 17.9. The largest absolute Gasteiger partial charge is 0.454 e. The molecule has 27 heavy (non-hydrogen) atoms. The third-order valence-electron chi connectivity index (χ3n) is 3.56. The molecule has 1 aliphatic rings. The van der Waals surface area contributed by atoms with Crippen molar-refractivity contribution in [3.8, 4) is 11.5 Å². The summed E-state index contributed by atoms with van der Waals surface area (Å²) in [5.74, 6) is -0.0878. The van der Waals surface area contributed by atoms with Crippen molar-refractivity contribution in [3.05, 3.63) is 57.6 Å². The average molecular weight is 370 g/mol. The number of rotatable bonds is 5. The van der Waals surface area contributed by atoms with Crippen LogP contribution in [0.1, 0.15) is 22.8 Å². The fourth-order valence-electron chi connectivity index (χ4n) is 2.34. The lowest BCUT2D eigenvalue weighted by atomic mass is 10.1. The van der Waals surface area contributed by atoms with Crippen molar-refractivity contribution < 1.29 is 24.0 Å². The molecule has 0 aromatic heterocycles. The van der Waals surface area contributed by atoms with Gasteiger partial charge in [0, 0.05) is 18.2 Å². The zero-order valence-corrected chi connectivity index (χ0v) is 14.1. The molecular weight excluding hydrogens is 356 g/mol. The second-order valence-corrected chi connectivity index (χ2v) is 5.48. The molecule has 0 spiro atoms. The average Bonchev–Trinajstić information content (AvgIpc) is 3.08. The normalized spacial score (nSPS) is 12.0. The molecule has 2 N–H and O–H groups in total. The van der Waals surface area contributed by atoms with Gasteiger partial charge in [0.05, 0.1) is 22.8 Å². The van der Waals surface area contributed by atoms with E-state index in [1.165, 1.54) is 31.2 Å². The minimum Gasteiger partial charge on any atom is -0.454 e. The molecule has 0 unspecified atom stereocenters. The van der Waals surface area contributed by atoms with Gasteiger partial charge in [-0.05, 0) is 30.3 Å². The number of nitro groups is 1. The number of fused-ring (bicyclic) bond motifs is 1. The molecule has 10 heteroatoms. The number of benzene rings is 2. The van der Waals surface area contributed by atoms with E-state index < -0.39 is 10.8 Å². The predicted octanol–water partition coefficient (Wildman–Crippen LogP) is 2.05. The SMILES string of the molecule is CC(=O)Nc1ccc(C(=O)NN=Cc2cc3c(cc2[N+](=O)[O-])OCO3)cc1. The summed E-state index contributed by atoms with van der Waals surface area (Å²) < 4.78 is 10.3. The van der Waals surface area contributed by atoms with E-state index in [9.17, 15) is 19.7 Å². The maximum Gasteiger partial charge on any atom is 0.282 e. The Balaban J connectivity index is 1.71. The van der Waals surface area contributed by atoms with Crippen molar-refractivity contribution in [2.45, 2.75) is 6.92 Å². The summed E-state index contributed by atoms with van der Waals surface area (Å²) in [6.45, 7) is 1.36. The van der Waals surface area contributed by atoms with Crippen LogP contribution in [0.15, 0.2) is 41.5 Å². The highest BCUT2D eigenvalue weighted by Crippen LogP contribution is 2.37. The third-order valence-corrected chi connectivity index (χ3v) is 3.56. The van der Waals surface area contributed by atoms with Gasteiger partial charge >= 0.3 is 0 Å². The molecular formula is C17H14N4O6. The second-order valence-electron chi connectivity index (χ2n) is 5.48. The molecule has 138 valence electrons. The van der Waals surface area contributed by atoms with Crippen molar-refractivity contribution >= 4 is 29.4 Å². The number of nitrogens with one attached hydrogen (secondary N) is 2. The minimum absolute atomic E-state index is 0.0156. The van der Waals surface area contributed by atoms with E-state index in [0.29, 0.717) is 17.0 Å². The van der Waals surface area contributed by atoms with Crippen molar-refractivity contribution in [1.29, 1.82) is 0 Å². The van der Waals surface area contributed by atoms with Crippen LogP contribution in [0.5, 0.6) is 11.5 Å². The molecule has 0 saturated heterocycles. The lowest BCUT2D eigenvalue weighted by Gasteiger charge is -2.04. The van der Waals surface area contributed by atoms with Crippen LogP contribution in [0.4, 0.5) is 11.4 Å². The molecule has 0 atom stereocenters. The van der Waals surface area contributed by atoms with Gasteiger partial charge in [0.15, 0.2) is 11.5 Å². The number of carbonyl (C=O) groups excluding carboxylic acids is 2. The van der Waals surface area contributed by atoms with E-state index in [2.05, 4.69) is 15.8 Å². The molecule has 2 amide bonds. The summed E-state index contributed by atoms with van der Waals surface area (Å²) in [5, 5.41) is 17.5. The van der Waals surface area contributed by atoms with Crippen LogP contribution in [-0.4, -0.2) is 29.7 Å². The lowest BCUT2D eigenvalue weighted by Crippen LogP contribution is -2.17. The standard InChI is InChI=1S/C17H14N4O6/c1-10(22)19-13-4-2-11(3-5-13)17(23)20-18-8-12-6-15-16(27-9-26-15)7-14(12)21(24)25/h2-8H,9H2,1H3,(H,19,22)(H,20,23). The van der Waals surface area contributed by atoms with Crippen molar-refractivity contribution in [2.75, 3.05) is 12.1 Å². The highest BCUT2D eigenvalue weighted by Gasteiger charge is 2.22. The Morgan fingerprint density at radius 2 is 1.85 bits per heavy atom. The molecule has 1 heterocycles. The van der Waals surface area contributed by atoms with Gasteiger partial charge in [-0.1, -0.05) is 0 Å². The van der Waals surface area contributed by atoms with E-state index in [1.807, 2.05) is 0 Å². The fraction of sp³-hybridized carbons (Fsp3) is 0.118. The molecule has 2 aromatic rings. The molecule has 0 saturated carbocycles. The topological polar surface area (TPSA) is 132 Å². The minimum atomic E-state index is -0.577. The Labute approximate surface area is 152 Å². The Morgan fingerprint density at radius 1 is 1.19 bits per heavy atom. The molecule has 0 bridgehead atoms. The summed E-state index contributed by atoms with van der Waals surface area (Å²) >= 11 is 0. The third kappa shape index (κ3) is 4.18. The molecule has 2 aromatic carbocycles. The Kier molecular flexibility index (Phi) is 4.97. The van der Waals surface area contributed by atoms with E-state index in [4.69, 9.17) is 9.47 Å². The lowest BCUT2D eigenvalue weighted by molar-refractivity contribution is -0.385. The van der Waals surface area contributed by atoms with Crippen molar-refractivity contribution in [2.24, 2.45) is 5.10 Å². The monoisotopic (exact) mass is 370 g/mol. The maximum absolute atomic E-state index is 12.1. The second kappa shape index (κ2) is 7.52. The van der Waals surface area contributed by atoms with Crippen LogP contribution in [0.3, 0.4) is 0 Å². The first-order chi connectivity index (χ1) is 12.9. The number of anilines is 1. The molecule has 0 fully saturated rings. The highest BCUT2D eigenvalue weighted by molar-refractivity contribution is 5.96. The van der Waals surface area contributed by atoms with Crippen molar-refractivity contribution in [3.63, 3.8) is 0 Å². The summed E-state index contributed by atoms with van der Waals surface area (Å²) in [5.41, 5.74) is 3.08. The molecule has 0 radical (unpaired) electrons. The fourth-order valence-corrected chi connectivity index (χ4v) is 2.34. The molecule has 1 aliphatic heterocycles. The predicted molar refractivity (Wildman–Crippen MR) is 95.0 cm³/mol. The van der Waals surface area contributed by atoms with Gasteiger partial charge in [-0.25, -0.2) is 5.43 Å². The number of amides is 2. The van der Waals surface area contributed by atoms with Gasteiger partial charge in [0.1, 0.15) is 0 Å². The van der Waals surface area contributed by atoms with Crippen LogP contribution < -0.4 is 20.2 Å². The smallest absolute Gasteiger partial charge is 0.282 e. The summed E-state index contributed by atoms with van der Waals surface area (Å²) in [6.07, 6.45) is 1.16. The quantitative estimate of drug-likeness (QED) is 0.470. The summed E-state index contributed by atoms with van der Waals surface area (Å²) in [4.78, 5) is 33.7. The van der Waals surface area contributed by atoms with Crippen LogP contribution in [-0.2, 0) is 4.79 Å². The van der Waals surface area contributed by atoms with Gasteiger partial charge in [-0.2, -0.15) is 5.10 Å². The van der Waals surface area contributed by atoms with Gasteiger partial charge in [0.25, 0.3) is 11.6 Å². The number of carbonyl (C=O) groups is 2. The first-order valence-electron chi connectivity index (χ1n) is 7.73. The molecule has 3 rings (SSSR count). The number of hydrogen-bond acceptors (Lipinski definition) is 7. The summed E-state index contributed by atoms with van der Waals surface area (Å²) in [6, 6.07) is 8.83. The van der Waals surface area contributed by atoms with E-state index in [1.54, 1.807) is 12.1 Å². The number of hydrazone groups is 1. The van der Waals surface area contributed by atoms with Crippen LogP contribution >= 0.6 is 0 Å². The number of hydrogen-bond donors (Lipinski definition) is 2. The van der Waals surface area contributed by atoms with E-state index in [0.717, 1.165) is 6.21 Å². The van der Waals surface area contributed by atoms with E-state index in [-0.39, 0.29) is 29.7 Å².